The van der Waals surface area contributed by atoms with E-state index in [0.717, 1.165) is 29.0 Å². The van der Waals surface area contributed by atoms with Crippen LogP contribution in [-0.2, 0) is 11.2 Å². The van der Waals surface area contributed by atoms with E-state index in [-0.39, 0.29) is 17.9 Å². The molecule has 0 saturated heterocycles. The maximum absolute atomic E-state index is 13.1. The van der Waals surface area contributed by atoms with Gasteiger partial charge in [0.05, 0.1) is 23.2 Å². The molecule has 0 aromatic carbocycles. The second kappa shape index (κ2) is 5.93. The van der Waals surface area contributed by atoms with Gasteiger partial charge in [-0.25, -0.2) is 13.9 Å². The number of nitrogens with zero attached hydrogens (tertiary/aromatic N) is 4. The summed E-state index contributed by atoms with van der Waals surface area (Å²) in [5.41, 5.74) is 3.72. The van der Waals surface area contributed by atoms with Crippen molar-refractivity contribution in [2.45, 2.75) is 37.9 Å². The van der Waals surface area contributed by atoms with Gasteiger partial charge in [-0.05, 0) is 37.0 Å². The van der Waals surface area contributed by atoms with Crippen molar-refractivity contribution in [2.24, 2.45) is 5.92 Å². The maximum atomic E-state index is 13.1. The quantitative estimate of drug-likeness (QED) is 0.787. The number of carbonyl (C=O) groups is 1. The maximum Gasteiger partial charge on any atom is 0.223 e. The molecule has 1 saturated carbocycles. The number of carbonyl (C=O) groups excluding carboxylic acids is 1. The van der Waals surface area contributed by atoms with E-state index in [0.29, 0.717) is 25.8 Å². The van der Waals surface area contributed by atoms with Crippen molar-refractivity contribution in [2.75, 3.05) is 6.54 Å². The van der Waals surface area contributed by atoms with Crippen LogP contribution < -0.4 is 0 Å². The highest BCUT2D eigenvalue weighted by Crippen LogP contribution is 2.37. The Kier molecular flexibility index (Phi) is 3.55. The molecule has 5 rings (SSSR count). The number of fused-ring (bicyclic) bond motifs is 2. The first-order valence-corrected chi connectivity index (χ1v) is 9.09. The van der Waals surface area contributed by atoms with Crippen LogP contribution in [0.1, 0.15) is 42.4 Å². The monoisotopic (exact) mass is 353 g/mol. The van der Waals surface area contributed by atoms with Crippen molar-refractivity contribution >= 4 is 11.4 Å². The Bertz CT molecular complexity index is 925. The Morgan fingerprint density at radius 2 is 2.23 bits per heavy atom. The minimum atomic E-state index is -0.735. The number of halogens is 1. The molecule has 0 radical (unpaired) electrons. The molecular formula is C19H20FN5O. The number of alkyl halides is 1. The fraction of sp³-hybridized carbons (Fsp3) is 0.421. The molecule has 2 aliphatic rings. The molecule has 0 bridgehead atoms. The van der Waals surface area contributed by atoms with Crippen molar-refractivity contribution in [1.29, 1.82) is 0 Å². The van der Waals surface area contributed by atoms with Gasteiger partial charge in [-0.1, -0.05) is 6.07 Å². The Labute approximate surface area is 150 Å². The molecule has 1 fully saturated rings. The topological polar surface area (TPSA) is 66.3 Å². The number of hydrogen-bond acceptors (Lipinski definition) is 3. The average Bonchev–Trinajstić information content (AvgIpc) is 3.25. The Hall–Kier alpha value is -2.70. The fourth-order valence-corrected chi connectivity index (χ4v) is 4.12. The third-order valence-corrected chi connectivity index (χ3v) is 5.56. The van der Waals surface area contributed by atoms with Crippen LogP contribution in [0.15, 0.2) is 36.8 Å². The number of rotatable bonds is 3. The lowest BCUT2D eigenvalue weighted by atomic mass is 9.80. The molecule has 1 aliphatic carbocycles. The Morgan fingerprint density at radius 3 is 3.04 bits per heavy atom. The number of amides is 1. The summed E-state index contributed by atoms with van der Waals surface area (Å²) in [6.07, 6.45) is 5.02. The van der Waals surface area contributed by atoms with E-state index in [1.807, 2.05) is 39.9 Å². The van der Waals surface area contributed by atoms with Gasteiger partial charge in [0.15, 0.2) is 0 Å². The van der Waals surface area contributed by atoms with Crippen LogP contribution in [0.2, 0.25) is 0 Å². The van der Waals surface area contributed by atoms with Gasteiger partial charge in [-0.2, -0.15) is 5.10 Å². The predicted octanol–water partition coefficient (Wildman–Crippen LogP) is 2.67. The van der Waals surface area contributed by atoms with Gasteiger partial charge in [0.1, 0.15) is 12.2 Å². The van der Waals surface area contributed by atoms with Crippen molar-refractivity contribution in [3.8, 4) is 0 Å². The molecule has 1 aliphatic heterocycles. The molecule has 0 spiro atoms. The summed E-state index contributed by atoms with van der Waals surface area (Å²) in [7, 11) is 0. The fourth-order valence-electron chi connectivity index (χ4n) is 4.12. The minimum absolute atomic E-state index is 0.0672. The molecule has 1 amide bonds. The van der Waals surface area contributed by atoms with Gasteiger partial charge in [0.25, 0.3) is 0 Å². The number of pyridine rings is 1. The van der Waals surface area contributed by atoms with Gasteiger partial charge in [0, 0.05) is 31.3 Å². The first-order valence-electron chi connectivity index (χ1n) is 9.09. The van der Waals surface area contributed by atoms with Gasteiger partial charge in [-0.3, -0.25) is 4.79 Å². The van der Waals surface area contributed by atoms with E-state index in [2.05, 4.69) is 15.1 Å². The number of H-pyrrole nitrogens is 1. The zero-order valence-electron chi connectivity index (χ0n) is 14.3. The zero-order valence-corrected chi connectivity index (χ0v) is 14.3. The van der Waals surface area contributed by atoms with Gasteiger partial charge >= 0.3 is 0 Å². The van der Waals surface area contributed by atoms with Crippen LogP contribution in [0, 0.1) is 5.92 Å². The van der Waals surface area contributed by atoms with Crippen LogP contribution in [0.4, 0.5) is 4.39 Å². The molecule has 4 heterocycles. The third-order valence-electron chi connectivity index (χ3n) is 5.56. The van der Waals surface area contributed by atoms with Crippen LogP contribution in [-0.4, -0.2) is 43.1 Å². The summed E-state index contributed by atoms with van der Waals surface area (Å²) in [5, 5.41) is 4.68. The molecule has 1 N–H and O–H groups in total. The Balaban J connectivity index is 1.50. The lowest BCUT2D eigenvalue weighted by Gasteiger charge is -2.36. The van der Waals surface area contributed by atoms with E-state index in [1.54, 1.807) is 6.33 Å². The highest BCUT2D eigenvalue weighted by Gasteiger charge is 2.38. The lowest BCUT2D eigenvalue weighted by Crippen LogP contribution is -2.42. The number of aromatic nitrogens is 4. The summed E-state index contributed by atoms with van der Waals surface area (Å²) in [4.78, 5) is 22.5. The van der Waals surface area contributed by atoms with E-state index >= 15 is 0 Å². The highest BCUT2D eigenvalue weighted by atomic mass is 19.1. The van der Waals surface area contributed by atoms with Crippen LogP contribution >= 0.6 is 0 Å². The molecule has 3 aromatic heterocycles. The van der Waals surface area contributed by atoms with E-state index in [4.69, 9.17) is 0 Å². The highest BCUT2D eigenvalue weighted by molar-refractivity contribution is 5.78. The molecule has 1 unspecified atom stereocenters. The second-order valence-electron chi connectivity index (χ2n) is 7.28. The Morgan fingerprint density at radius 1 is 1.35 bits per heavy atom. The SMILES string of the molecule is O=C(CC1CC(F)C1)N1CCc2[nH]cnc2C1c1cc2ccccn2n1. The predicted molar refractivity (Wildman–Crippen MR) is 93.3 cm³/mol. The molecular weight excluding hydrogens is 333 g/mol. The molecule has 1 atom stereocenters. The van der Waals surface area contributed by atoms with Crippen LogP contribution in [0.5, 0.6) is 0 Å². The smallest absolute Gasteiger partial charge is 0.223 e. The molecule has 7 heteroatoms. The van der Waals surface area contributed by atoms with Crippen molar-refractivity contribution < 1.29 is 9.18 Å². The second-order valence-corrected chi connectivity index (χ2v) is 7.28. The largest absolute Gasteiger partial charge is 0.348 e. The summed E-state index contributed by atoms with van der Waals surface area (Å²) < 4.78 is 14.9. The van der Waals surface area contributed by atoms with Gasteiger partial charge in [0.2, 0.25) is 5.91 Å². The number of imidazole rings is 1. The van der Waals surface area contributed by atoms with Crippen LogP contribution in [0.25, 0.3) is 5.52 Å². The minimum Gasteiger partial charge on any atom is -0.348 e. The molecule has 3 aromatic rings. The average molecular weight is 353 g/mol. The molecule has 134 valence electrons. The van der Waals surface area contributed by atoms with Crippen molar-refractivity contribution in [3.63, 3.8) is 0 Å². The van der Waals surface area contributed by atoms with E-state index in [9.17, 15) is 9.18 Å². The standard InChI is InChI=1S/C19H20FN5O/c20-13-7-12(8-13)9-17(26)24-6-4-15-18(22-11-21-15)19(24)16-10-14-3-1-2-5-25(14)23-16/h1-3,5,10-13,19H,4,6-9H2,(H,21,22). The van der Waals surface area contributed by atoms with E-state index in [1.165, 1.54) is 0 Å². The van der Waals surface area contributed by atoms with Crippen molar-refractivity contribution in [1.82, 2.24) is 24.5 Å². The van der Waals surface area contributed by atoms with Crippen molar-refractivity contribution in [3.05, 3.63) is 53.9 Å². The third kappa shape index (κ3) is 2.50. The van der Waals surface area contributed by atoms with Crippen LogP contribution in [0.3, 0.4) is 0 Å². The summed E-state index contributed by atoms with van der Waals surface area (Å²) >= 11 is 0. The van der Waals surface area contributed by atoms with E-state index < -0.39 is 6.17 Å². The lowest BCUT2D eigenvalue weighted by molar-refractivity contribution is -0.135. The number of nitrogens with one attached hydrogen (secondary N) is 1. The first-order chi connectivity index (χ1) is 12.7. The van der Waals surface area contributed by atoms with Gasteiger partial charge < -0.3 is 9.88 Å². The zero-order chi connectivity index (χ0) is 17.7. The first kappa shape index (κ1) is 15.5. The number of aromatic amines is 1. The number of hydrogen-bond donors (Lipinski definition) is 1. The summed E-state index contributed by atoms with van der Waals surface area (Å²) in [6, 6.07) is 7.60. The molecule has 6 nitrogen and oxygen atoms in total. The summed E-state index contributed by atoms with van der Waals surface area (Å²) in [6.45, 7) is 0.623. The van der Waals surface area contributed by atoms with Gasteiger partial charge in [-0.15, -0.1) is 0 Å². The molecule has 26 heavy (non-hydrogen) atoms. The normalized spacial score (nSPS) is 25.1. The summed E-state index contributed by atoms with van der Waals surface area (Å²) in [5.74, 6) is 0.234.